The van der Waals surface area contributed by atoms with Gasteiger partial charge in [0.2, 0.25) is 0 Å². The zero-order valence-corrected chi connectivity index (χ0v) is 25.5. The van der Waals surface area contributed by atoms with Crippen molar-refractivity contribution in [1.82, 2.24) is 9.80 Å². The summed E-state index contributed by atoms with van der Waals surface area (Å²) in [7, 11) is 0. The van der Waals surface area contributed by atoms with Gasteiger partial charge in [0.05, 0.1) is 0 Å². The highest BCUT2D eigenvalue weighted by atomic mass is 16.3. The molecule has 1 aliphatic rings. The lowest BCUT2D eigenvalue weighted by atomic mass is 9.82. The Morgan fingerprint density at radius 1 is 0.757 bits per heavy atom. The molecule has 2 N–H and O–H groups in total. The van der Waals surface area contributed by atoms with E-state index in [0.717, 1.165) is 67.8 Å². The van der Waals surface area contributed by atoms with Gasteiger partial charge in [-0.3, -0.25) is 9.80 Å². The molecule has 1 fully saturated rings. The van der Waals surface area contributed by atoms with Crippen LogP contribution in [0.15, 0.2) is 12.1 Å². The molecule has 1 saturated heterocycles. The molecule has 0 amide bonds. The first-order valence-corrected chi connectivity index (χ1v) is 14.2. The van der Waals surface area contributed by atoms with Gasteiger partial charge in [-0.15, -0.1) is 0 Å². The second-order valence-electron chi connectivity index (χ2n) is 13.5. The standard InChI is InChI=1S/C33H52N2O2/c1-12-13-25-18-34(19-26-21(2)16-28(32(6,7)8)30(36)23(26)4)14-15-35(25)20-27-22(3)17-29(33(9,10)11)31(37)24(27)5/h16-17,25,36-37H,12-15,18-20H2,1-11H3. The maximum atomic E-state index is 11.0. The van der Waals surface area contributed by atoms with Crippen molar-refractivity contribution in [3.05, 3.63) is 56.6 Å². The minimum atomic E-state index is -0.0791. The number of aromatic hydroxyl groups is 2. The number of hydrogen-bond acceptors (Lipinski definition) is 4. The van der Waals surface area contributed by atoms with E-state index in [9.17, 15) is 10.2 Å². The van der Waals surface area contributed by atoms with Gasteiger partial charge in [0, 0.05) is 38.8 Å². The van der Waals surface area contributed by atoms with E-state index in [4.69, 9.17) is 0 Å². The largest absolute Gasteiger partial charge is 0.507 e. The summed E-state index contributed by atoms with van der Waals surface area (Å²) in [5, 5.41) is 22.0. The van der Waals surface area contributed by atoms with Crippen molar-refractivity contribution in [2.45, 2.75) is 119 Å². The lowest BCUT2D eigenvalue weighted by molar-refractivity contribution is 0.0586. The van der Waals surface area contributed by atoms with Crippen molar-refractivity contribution < 1.29 is 10.2 Å². The van der Waals surface area contributed by atoms with E-state index in [1.54, 1.807) is 0 Å². The van der Waals surface area contributed by atoms with Crippen molar-refractivity contribution in [2.75, 3.05) is 19.6 Å². The third-order valence-electron chi connectivity index (χ3n) is 8.47. The summed E-state index contributed by atoms with van der Waals surface area (Å²) in [5.41, 5.74) is 9.06. The SMILES string of the molecule is CCCC1CN(Cc2c(C)cc(C(C)(C)C)c(O)c2C)CCN1Cc1c(C)cc(C(C)(C)C)c(O)c1C. The Hall–Kier alpha value is -2.04. The van der Waals surface area contributed by atoms with E-state index < -0.39 is 0 Å². The van der Waals surface area contributed by atoms with Gasteiger partial charge in [0.25, 0.3) is 0 Å². The van der Waals surface area contributed by atoms with Crippen molar-refractivity contribution in [2.24, 2.45) is 0 Å². The molecular weight excluding hydrogens is 456 g/mol. The van der Waals surface area contributed by atoms with Gasteiger partial charge >= 0.3 is 0 Å². The van der Waals surface area contributed by atoms with Crippen LogP contribution in [-0.2, 0) is 23.9 Å². The molecule has 1 unspecified atom stereocenters. The van der Waals surface area contributed by atoms with E-state index >= 15 is 0 Å². The first kappa shape index (κ1) is 29.5. The monoisotopic (exact) mass is 508 g/mol. The van der Waals surface area contributed by atoms with Gasteiger partial charge in [-0.05, 0) is 89.5 Å². The second-order valence-corrected chi connectivity index (χ2v) is 13.5. The van der Waals surface area contributed by atoms with Crippen molar-refractivity contribution in [1.29, 1.82) is 0 Å². The van der Waals surface area contributed by atoms with Gasteiger partial charge < -0.3 is 10.2 Å². The molecule has 1 aliphatic heterocycles. The molecule has 3 rings (SSSR count). The number of nitrogens with zero attached hydrogens (tertiary/aromatic N) is 2. The van der Waals surface area contributed by atoms with E-state index in [1.165, 1.54) is 22.3 Å². The Morgan fingerprint density at radius 3 is 1.65 bits per heavy atom. The van der Waals surface area contributed by atoms with Crippen LogP contribution in [0.4, 0.5) is 0 Å². The fourth-order valence-corrected chi connectivity index (χ4v) is 6.00. The quantitative estimate of drug-likeness (QED) is 0.426. The zero-order chi connectivity index (χ0) is 27.9. The van der Waals surface area contributed by atoms with Crippen LogP contribution in [0.2, 0.25) is 0 Å². The fraction of sp³-hybridized carbons (Fsp3) is 0.636. The number of phenols is 2. The molecule has 0 bridgehead atoms. The maximum absolute atomic E-state index is 11.0. The van der Waals surface area contributed by atoms with Crippen molar-refractivity contribution >= 4 is 0 Å². The highest BCUT2D eigenvalue weighted by Gasteiger charge is 2.30. The number of benzene rings is 2. The Balaban J connectivity index is 1.82. The van der Waals surface area contributed by atoms with E-state index in [-0.39, 0.29) is 10.8 Å². The first-order valence-electron chi connectivity index (χ1n) is 14.2. The number of piperazine rings is 1. The topological polar surface area (TPSA) is 46.9 Å². The van der Waals surface area contributed by atoms with Gasteiger partial charge in [-0.1, -0.05) is 67.0 Å². The normalized spacial score (nSPS) is 18.0. The summed E-state index contributed by atoms with van der Waals surface area (Å²) < 4.78 is 0. The third-order valence-corrected chi connectivity index (χ3v) is 8.47. The molecule has 206 valence electrons. The summed E-state index contributed by atoms with van der Waals surface area (Å²) in [6.07, 6.45) is 2.31. The molecule has 0 radical (unpaired) electrons. The van der Waals surface area contributed by atoms with Crippen LogP contribution >= 0.6 is 0 Å². The summed E-state index contributed by atoms with van der Waals surface area (Å²) >= 11 is 0. The summed E-state index contributed by atoms with van der Waals surface area (Å²) in [5.74, 6) is 0.921. The lowest BCUT2D eigenvalue weighted by Gasteiger charge is -2.42. The molecular formula is C33H52N2O2. The Kier molecular flexibility index (Phi) is 8.76. The average molecular weight is 509 g/mol. The molecule has 4 heteroatoms. The van der Waals surface area contributed by atoms with Crippen LogP contribution in [0.3, 0.4) is 0 Å². The molecule has 37 heavy (non-hydrogen) atoms. The highest BCUT2D eigenvalue weighted by Crippen LogP contribution is 2.38. The maximum Gasteiger partial charge on any atom is 0.122 e. The molecule has 0 aromatic heterocycles. The number of phenolic OH excluding ortho intramolecular Hbond substituents is 2. The van der Waals surface area contributed by atoms with E-state index in [2.05, 4.69) is 98.1 Å². The van der Waals surface area contributed by atoms with Gasteiger partial charge in [0.15, 0.2) is 0 Å². The van der Waals surface area contributed by atoms with Crippen molar-refractivity contribution in [3.8, 4) is 11.5 Å². The van der Waals surface area contributed by atoms with Gasteiger partial charge in [-0.2, -0.15) is 0 Å². The lowest BCUT2D eigenvalue weighted by Crippen LogP contribution is -2.52. The molecule has 1 atom stereocenters. The number of aryl methyl sites for hydroxylation is 2. The Morgan fingerprint density at radius 2 is 1.22 bits per heavy atom. The van der Waals surface area contributed by atoms with Gasteiger partial charge in [-0.25, -0.2) is 0 Å². The predicted octanol–water partition coefficient (Wildman–Crippen LogP) is 7.41. The highest BCUT2D eigenvalue weighted by molar-refractivity contribution is 5.52. The predicted molar refractivity (Wildman–Crippen MR) is 157 cm³/mol. The van der Waals surface area contributed by atoms with Crippen LogP contribution in [0.25, 0.3) is 0 Å². The summed E-state index contributed by atoms with van der Waals surface area (Å²) in [6.45, 7) is 28.6. The molecule has 0 saturated carbocycles. The van der Waals surface area contributed by atoms with E-state index in [0.29, 0.717) is 17.5 Å². The summed E-state index contributed by atoms with van der Waals surface area (Å²) in [4.78, 5) is 5.20. The minimum absolute atomic E-state index is 0.0776. The molecule has 2 aromatic carbocycles. The molecule has 2 aromatic rings. The molecule has 1 heterocycles. The molecule has 0 spiro atoms. The fourth-order valence-electron chi connectivity index (χ4n) is 6.00. The average Bonchev–Trinajstić information content (AvgIpc) is 2.79. The molecule has 4 nitrogen and oxygen atoms in total. The Bertz CT molecular complexity index is 1120. The van der Waals surface area contributed by atoms with Crippen LogP contribution in [0.1, 0.15) is 106 Å². The second kappa shape index (κ2) is 11.0. The number of hydrogen-bond donors (Lipinski definition) is 2. The van der Waals surface area contributed by atoms with Crippen LogP contribution in [0.5, 0.6) is 11.5 Å². The first-order chi connectivity index (χ1) is 17.1. The van der Waals surface area contributed by atoms with Crippen LogP contribution in [-0.4, -0.2) is 45.7 Å². The van der Waals surface area contributed by atoms with Crippen LogP contribution < -0.4 is 0 Å². The molecule has 0 aliphatic carbocycles. The Labute approximate surface area is 226 Å². The smallest absolute Gasteiger partial charge is 0.122 e. The van der Waals surface area contributed by atoms with Crippen LogP contribution in [0, 0.1) is 27.7 Å². The summed E-state index contributed by atoms with van der Waals surface area (Å²) in [6, 6.07) is 4.86. The number of rotatable bonds is 6. The zero-order valence-electron chi connectivity index (χ0n) is 25.5. The van der Waals surface area contributed by atoms with Crippen molar-refractivity contribution in [3.63, 3.8) is 0 Å². The van der Waals surface area contributed by atoms with E-state index in [1.807, 2.05) is 0 Å². The van der Waals surface area contributed by atoms with Gasteiger partial charge in [0.1, 0.15) is 11.5 Å². The third kappa shape index (κ3) is 6.34. The minimum Gasteiger partial charge on any atom is -0.507 e.